The minimum atomic E-state index is -2.50. The van der Waals surface area contributed by atoms with Gasteiger partial charge >= 0.3 is 6.01 Å². The van der Waals surface area contributed by atoms with Gasteiger partial charge < -0.3 is 19.5 Å². The highest BCUT2D eigenvalue weighted by Crippen LogP contribution is 2.46. The van der Waals surface area contributed by atoms with Crippen LogP contribution < -0.4 is 9.64 Å². The van der Waals surface area contributed by atoms with Crippen LogP contribution in [0.2, 0.25) is 0 Å². The molecule has 0 radical (unpaired) electrons. The van der Waals surface area contributed by atoms with E-state index in [4.69, 9.17) is 18.6 Å². The Hall–Kier alpha value is -4.21. The number of phenolic OH excluding ortho intramolecular Hbond substituents is 1. The van der Waals surface area contributed by atoms with Crippen LogP contribution in [-0.2, 0) is 4.74 Å². The van der Waals surface area contributed by atoms with Crippen LogP contribution in [0.1, 0.15) is 34.5 Å². The van der Waals surface area contributed by atoms with Crippen molar-refractivity contribution in [3.05, 3.63) is 47.7 Å². The molecule has 4 aromatic rings. The Bertz CT molecular complexity index is 2030. The Kier molecular flexibility index (Phi) is 6.25. The average molecular weight is 636 g/mol. The third-order valence-corrected chi connectivity index (χ3v) is 9.97. The van der Waals surface area contributed by atoms with Crippen LogP contribution in [0.25, 0.3) is 32.9 Å². The lowest BCUT2D eigenvalue weighted by molar-refractivity contribution is 0.0879. The van der Waals surface area contributed by atoms with E-state index < -0.39 is 60.1 Å². The molecular weight excluding hydrogens is 602 g/mol. The fourth-order valence-electron chi connectivity index (χ4n) is 7.61. The predicted octanol–water partition coefficient (Wildman–Crippen LogP) is 5.33. The van der Waals surface area contributed by atoms with Gasteiger partial charge in [-0.25, -0.2) is 17.6 Å². The van der Waals surface area contributed by atoms with Gasteiger partial charge in [0.25, 0.3) is 0 Å². The summed E-state index contributed by atoms with van der Waals surface area (Å²) in [7, 11) is 0. The third-order valence-electron chi connectivity index (χ3n) is 9.97. The molecule has 0 unspecified atom stereocenters. The summed E-state index contributed by atoms with van der Waals surface area (Å²) in [6.45, 7) is 0.344. The van der Waals surface area contributed by atoms with E-state index >= 15 is 8.78 Å². The average Bonchev–Trinajstić information content (AvgIpc) is 3.45. The first-order valence-corrected chi connectivity index (χ1v) is 15.3. The number of anilines is 1. The van der Waals surface area contributed by atoms with E-state index in [0.29, 0.717) is 24.8 Å². The smallest absolute Gasteiger partial charge is 0.319 e. The molecule has 8 rings (SSSR count). The molecule has 0 bridgehead atoms. The van der Waals surface area contributed by atoms with Gasteiger partial charge in [-0.05, 0) is 49.9 Å². The summed E-state index contributed by atoms with van der Waals surface area (Å²) in [5.74, 6) is -0.0321. The van der Waals surface area contributed by atoms with Gasteiger partial charge in [0.1, 0.15) is 47.5 Å². The molecule has 4 aliphatic rings. The fourth-order valence-corrected chi connectivity index (χ4v) is 7.61. The fraction of sp³-hybridized carbons (Fsp3) is 0.441. The van der Waals surface area contributed by atoms with Crippen molar-refractivity contribution in [1.29, 1.82) is 0 Å². The Morgan fingerprint density at radius 2 is 2.09 bits per heavy atom. The lowest BCUT2D eigenvalue weighted by Crippen LogP contribution is -2.46. The molecule has 2 aromatic carbocycles. The number of benzene rings is 2. The number of aromatic hydroxyl groups is 1. The van der Waals surface area contributed by atoms with Gasteiger partial charge in [-0.2, -0.15) is 9.97 Å². The van der Waals surface area contributed by atoms with Crippen molar-refractivity contribution in [1.82, 2.24) is 19.9 Å². The van der Waals surface area contributed by atoms with Crippen molar-refractivity contribution in [2.24, 2.45) is 5.92 Å². The van der Waals surface area contributed by atoms with Gasteiger partial charge in [0.2, 0.25) is 0 Å². The molecule has 4 fully saturated rings. The van der Waals surface area contributed by atoms with Crippen LogP contribution in [0, 0.1) is 29.9 Å². The van der Waals surface area contributed by atoms with Gasteiger partial charge in [0.05, 0.1) is 38.5 Å². The Balaban J connectivity index is 1.32. The zero-order valence-corrected chi connectivity index (χ0v) is 24.8. The molecule has 8 nitrogen and oxygen atoms in total. The van der Waals surface area contributed by atoms with E-state index in [1.54, 1.807) is 16.7 Å². The number of alkyl halides is 2. The molecule has 46 heavy (non-hydrogen) atoms. The van der Waals surface area contributed by atoms with Crippen molar-refractivity contribution in [2.75, 3.05) is 37.8 Å². The third kappa shape index (κ3) is 4.39. The monoisotopic (exact) mass is 635 g/mol. The number of hydrogen-bond acceptors (Lipinski definition) is 8. The number of ether oxygens (including phenoxy) is 2. The zero-order chi connectivity index (χ0) is 33.7. The van der Waals surface area contributed by atoms with E-state index in [0.717, 1.165) is 6.07 Å². The molecule has 3 saturated heterocycles. The van der Waals surface area contributed by atoms with Gasteiger partial charge in [0.15, 0.2) is 5.82 Å². The van der Waals surface area contributed by atoms with Crippen LogP contribution in [0.5, 0.6) is 11.8 Å². The van der Waals surface area contributed by atoms with Crippen molar-refractivity contribution in [3.8, 4) is 35.4 Å². The van der Waals surface area contributed by atoms with Crippen molar-refractivity contribution in [2.45, 2.75) is 56.2 Å². The van der Waals surface area contributed by atoms with E-state index in [2.05, 4.69) is 20.9 Å². The molecule has 1 N–H and O–H groups in total. The van der Waals surface area contributed by atoms with E-state index in [-0.39, 0.29) is 70.9 Å². The molecule has 5 heterocycles. The van der Waals surface area contributed by atoms with Crippen LogP contribution in [-0.4, -0.2) is 87.8 Å². The summed E-state index contributed by atoms with van der Waals surface area (Å²) in [4.78, 5) is 16.6. The number of halogens is 4. The number of hydrogen-bond donors (Lipinski definition) is 1. The summed E-state index contributed by atoms with van der Waals surface area (Å²) in [5.41, 5.74) is -2.10. The molecule has 12 heteroatoms. The predicted molar refractivity (Wildman–Crippen MR) is 163 cm³/mol. The molecular formula is C34H31F4N5O3. The van der Waals surface area contributed by atoms with Crippen molar-refractivity contribution >= 4 is 27.5 Å². The second-order valence-corrected chi connectivity index (χ2v) is 12.5. The van der Waals surface area contributed by atoms with Crippen LogP contribution in [0.4, 0.5) is 23.4 Å². The zero-order valence-electron chi connectivity index (χ0n) is 26.8. The summed E-state index contributed by atoms with van der Waals surface area (Å²) in [5, 5.41) is 11.1. The summed E-state index contributed by atoms with van der Waals surface area (Å²) >= 11 is 0. The molecule has 2 aromatic heterocycles. The van der Waals surface area contributed by atoms with Crippen LogP contribution in [0.3, 0.4) is 0 Å². The first-order chi connectivity index (χ1) is 23.0. The first-order valence-electron chi connectivity index (χ1n) is 16.3. The quantitative estimate of drug-likeness (QED) is 0.233. The maximum Gasteiger partial charge on any atom is 0.319 e. The second-order valence-electron chi connectivity index (χ2n) is 12.5. The summed E-state index contributed by atoms with van der Waals surface area (Å²) < 4.78 is 91.4. The number of terminal acetylenes is 1. The van der Waals surface area contributed by atoms with Gasteiger partial charge in [-0.3, -0.25) is 9.88 Å². The first kappa shape index (κ1) is 27.0. The maximum absolute atomic E-state index is 16.9. The summed E-state index contributed by atoms with van der Waals surface area (Å²) in [6, 6.07) is 3.47. The van der Waals surface area contributed by atoms with Gasteiger partial charge in [0, 0.05) is 42.1 Å². The lowest BCUT2D eigenvalue weighted by Gasteiger charge is -2.33. The molecule has 3 aliphatic heterocycles. The topological polar surface area (TPSA) is 83.8 Å². The Morgan fingerprint density at radius 1 is 1.24 bits per heavy atom. The molecule has 6 atom stereocenters. The lowest BCUT2D eigenvalue weighted by atomic mass is 9.94. The minimum absolute atomic E-state index is 0.00141. The molecule has 1 aliphatic carbocycles. The second kappa shape index (κ2) is 10.7. The SMILES string of the molecule is [2H]C([2H])(Oc1nc(N2CCOC[C@H]3[C@H](F)[C@H]32)c2cnc(-c3cc(O)cc4ccc(F)c(C#C)c34)c(F)c2n1)[C@@]12CCCN1[C@H](C)[C@H](F)C2. The number of rotatable bonds is 5. The van der Waals surface area contributed by atoms with Crippen LogP contribution in [0.15, 0.2) is 30.5 Å². The number of aromatic nitrogens is 3. The molecule has 1 saturated carbocycles. The largest absolute Gasteiger partial charge is 0.508 e. The highest BCUT2D eigenvalue weighted by atomic mass is 19.1. The molecule has 238 valence electrons. The summed E-state index contributed by atoms with van der Waals surface area (Å²) in [6.07, 6.45) is 5.32. The highest BCUT2D eigenvalue weighted by molar-refractivity contribution is 6.03. The number of fused-ring (bicyclic) bond motifs is 4. The Morgan fingerprint density at radius 3 is 2.91 bits per heavy atom. The normalized spacial score (nSPS) is 30.0. The van der Waals surface area contributed by atoms with Crippen molar-refractivity contribution in [3.63, 3.8) is 0 Å². The molecule has 0 spiro atoms. The number of pyridine rings is 1. The van der Waals surface area contributed by atoms with E-state index in [1.807, 2.05) is 0 Å². The van der Waals surface area contributed by atoms with Crippen molar-refractivity contribution < 1.29 is 34.9 Å². The van der Waals surface area contributed by atoms with Crippen LogP contribution >= 0.6 is 0 Å². The molecule has 0 amide bonds. The van der Waals surface area contributed by atoms with E-state index in [9.17, 15) is 13.9 Å². The maximum atomic E-state index is 16.9. The van der Waals surface area contributed by atoms with E-state index in [1.165, 1.54) is 24.4 Å². The number of nitrogens with zero attached hydrogens (tertiary/aromatic N) is 5. The van der Waals surface area contributed by atoms with Gasteiger partial charge in [-0.1, -0.05) is 12.0 Å². The standard InChI is InChI=1S/C34H31F4N5O3/c1-3-20-24(35)6-5-18-11-19(44)12-21(26(18)20)29-28(38)30-22(14-39-29)32(42-9-10-45-15-23-27(37)31(23)42)41-33(40-30)46-16-34-7-4-8-43(34)17(2)25(36)13-34/h1,5-6,11-12,14,17,23,25,27,31,44H,4,7-10,13,15-16H2,2H3/t17-,23+,25-,27+,31+,34+/m1/s1/i16D2. The van der Waals surface area contributed by atoms with Gasteiger partial charge in [-0.15, -0.1) is 6.42 Å². The highest BCUT2D eigenvalue weighted by Gasteiger charge is 2.57. The Labute approximate surface area is 265 Å². The minimum Gasteiger partial charge on any atom is -0.508 e. The number of phenols is 1.